The summed E-state index contributed by atoms with van der Waals surface area (Å²) in [4.78, 5) is 0. The minimum atomic E-state index is -0.0851. The lowest BCUT2D eigenvalue weighted by atomic mass is 9.93. The molecule has 0 unspecified atom stereocenters. The average Bonchev–Trinajstić information content (AvgIpc) is 2.41. The van der Waals surface area contributed by atoms with E-state index in [4.69, 9.17) is 15.2 Å². The maximum absolute atomic E-state index is 6.36. The van der Waals surface area contributed by atoms with Gasteiger partial charge in [0.15, 0.2) is 0 Å². The summed E-state index contributed by atoms with van der Waals surface area (Å²) < 4.78 is 11.3. The zero-order valence-corrected chi connectivity index (χ0v) is 11.8. The highest BCUT2D eigenvalue weighted by Gasteiger charge is 2.26. The summed E-state index contributed by atoms with van der Waals surface area (Å²) in [7, 11) is 0. The van der Waals surface area contributed by atoms with Crippen molar-refractivity contribution in [2.45, 2.75) is 70.4 Å². The van der Waals surface area contributed by atoms with Crippen LogP contribution in [0.5, 0.6) is 0 Å². The third-order valence-electron chi connectivity index (χ3n) is 3.25. The van der Waals surface area contributed by atoms with E-state index < -0.39 is 0 Å². The molecule has 0 spiro atoms. The Morgan fingerprint density at radius 2 is 1.59 bits per heavy atom. The van der Waals surface area contributed by atoms with E-state index >= 15 is 0 Å². The van der Waals surface area contributed by atoms with Gasteiger partial charge in [-0.15, -0.1) is 0 Å². The first-order valence-electron chi connectivity index (χ1n) is 6.92. The van der Waals surface area contributed by atoms with Gasteiger partial charge in [0.2, 0.25) is 0 Å². The summed E-state index contributed by atoms with van der Waals surface area (Å²) in [5, 5.41) is 0. The van der Waals surface area contributed by atoms with Gasteiger partial charge in [0.1, 0.15) is 0 Å². The van der Waals surface area contributed by atoms with Crippen molar-refractivity contribution < 1.29 is 9.47 Å². The third-order valence-corrected chi connectivity index (χ3v) is 3.25. The molecule has 0 amide bonds. The molecular formula is C14H29NO2. The van der Waals surface area contributed by atoms with Crippen molar-refractivity contribution in [3.8, 4) is 0 Å². The quantitative estimate of drug-likeness (QED) is 0.596. The molecule has 0 aromatic rings. The van der Waals surface area contributed by atoms with Crippen LogP contribution >= 0.6 is 0 Å². The first-order chi connectivity index (χ1) is 7.91. The Labute approximate surface area is 106 Å². The van der Waals surface area contributed by atoms with Crippen LogP contribution in [0.25, 0.3) is 0 Å². The van der Waals surface area contributed by atoms with E-state index in [-0.39, 0.29) is 11.1 Å². The minimum Gasteiger partial charge on any atom is -0.377 e. The molecule has 102 valence electrons. The van der Waals surface area contributed by atoms with Crippen LogP contribution in [0.3, 0.4) is 0 Å². The van der Waals surface area contributed by atoms with Crippen LogP contribution in [-0.2, 0) is 9.47 Å². The number of ether oxygens (including phenoxy) is 2. The maximum atomic E-state index is 6.36. The van der Waals surface area contributed by atoms with Gasteiger partial charge in [-0.2, -0.15) is 0 Å². The molecule has 0 bridgehead atoms. The molecule has 0 aliphatic heterocycles. The molecule has 0 radical (unpaired) electrons. The lowest BCUT2D eigenvalue weighted by molar-refractivity contribution is -0.0419. The SMILES string of the molecule is CC(C)(C)OCCOCC1(N)CCCCCC1. The Hall–Kier alpha value is -0.120. The second kappa shape index (κ2) is 6.72. The molecule has 2 N–H and O–H groups in total. The van der Waals surface area contributed by atoms with Gasteiger partial charge < -0.3 is 15.2 Å². The molecule has 0 aromatic carbocycles. The smallest absolute Gasteiger partial charge is 0.0707 e. The van der Waals surface area contributed by atoms with Gasteiger partial charge in [-0.3, -0.25) is 0 Å². The normalized spacial score (nSPS) is 21.2. The van der Waals surface area contributed by atoms with Gasteiger partial charge in [0.05, 0.1) is 25.4 Å². The molecule has 1 rings (SSSR count). The van der Waals surface area contributed by atoms with E-state index in [1.54, 1.807) is 0 Å². The van der Waals surface area contributed by atoms with E-state index in [2.05, 4.69) is 20.8 Å². The molecule has 1 aliphatic rings. The average molecular weight is 243 g/mol. The van der Waals surface area contributed by atoms with Crippen molar-refractivity contribution >= 4 is 0 Å². The van der Waals surface area contributed by atoms with E-state index in [0.717, 1.165) is 12.8 Å². The standard InChI is InChI=1S/C14H29NO2/c1-13(2,3)17-11-10-16-12-14(15)8-6-4-5-7-9-14/h4-12,15H2,1-3H3. The molecule has 0 aromatic heterocycles. The second-order valence-electron chi connectivity index (χ2n) is 6.29. The van der Waals surface area contributed by atoms with Gasteiger partial charge in [-0.1, -0.05) is 25.7 Å². The van der Waals surface area contributed by atoms with E-state index in [1.165, 1.54) is 25.7 Å². The van der Waals surface area contributed by atoms with Gasteiger partial charge in [0.25, 0.3) is 0 Å². The molecule has 1 saturated carbocycles. The van der Waals surface area contributed by atoms with Crippen LogP contribution in [0.15, 0.2) is 0 Å². The second-order valence-corrected chi connectivity index (χ2v) is 6.29. The van der Waals surface area contributed by atoms with Gasteiger partial charge in [-0.25, -0.2) is 0 Å². The predicted molar refractivity (Wildman–Crippen MR) is 71.1 cm³/mol. The summed E-state index contributed by atoms with van der Waals surface area (Å²) in [6, 6.07) is 0. The van der Waals surface area contributed by atoms with E-state index in [9.17, 15) is 0 Å². The van der Waals surface area contributed by atoms with Crippen molar-refractivity contribution in [3.05, 3.63) is 0 Å². The van der Waals surface area contributed by atoms with Crippen LogP contribution in [0.1, 0.15) is 59.3 Å². The first-order valence-corrected chi connectivity index (χ1v) is 6.92. The van der Waals surface area contributed by atoms with Crippen LogP contribution in [0.4, 0.5) is 0 Å². The van der Waals surface area contributed by atoms with E-state index in [0.29, 0.717) is 19.8 Å². The fourth-order valence-corrected chi connectivity index (χ4v) is 2.26. The lowest BCUT2D eigenvalue weighted by Gasteiger charge is -2.28. The Balaban J connectivity index is 2.12. The van der Waals surface area contributed by atoms with Crippen molar-refractivity contribution in [2.75, 3.05) is 19.8 Å². The van der Waals surface area contributed by atoms with Gasteiger partial charge in [-0.05, 0) is 33.6 Å². The predicted octanol–water partition coefficient (Wildman–Crippen LogP) is 2.87. The van der Waals surface area contributed by atoms with Gasteiger partial charge >= 0.3 is 0 Å². The maximum Gasteiger partial charge on any atom is 0.0707 e. The zero-order chi connectivity index (χ0) is 12.8. The monoisotopic (exact) mass is 243 g/mol. The molecule has 3 nitrogen and oxygen atoms in total. The molecular weight excluding hydrogens is 214 g/mol. The highest BCUT2D eigenvalue weighted by Crippen LogP contribution is 2.25. The molecule has 1 aliphatic carbocycles. The van der Waals surface area contributed by atoms with Crippen LogP contribution in [0.2, 0.25) is 0 Å². The summed E-state index contributed by atoms with van der Waals surface area (Å²) >= 11 is 0. The topological polar surface area (TPSA) is 44.5 Å². The fraction of sp³-hybridized carbons (Fsp3) is 1.00. The number of nitrogens with two attached hydrogens (primary N) is 1. The van der Waals surface area contributed by atoms with Crippen LogP contribution in [-0.4, -0.2) is 31.0 Å². The largest absolute Gasteiger partial charge is 0.377 e. The third kappa shape index (κ3) is 7.02. The Morgan fingerprint density at radius 1 is 1.00 bits per heavy atom. The summed E-state index contributed by atoms with van der Waals surface area (Å²) in [6.07, 6.45) is 7.36. The summed E-state index contributed by atoms with van der Waals surface area (Å²) in [5.74, 6) is 0. The number of hydrogen-bond donors (Lipinski definition) is 1. The van der Waals surface area contributed by atoms with Crippen molar-refractivity contribution in [3.63, 3.8) is 0 Å². The molecule has 1 fully saturated rings. The van der Waals surface area contributed by atoms with Crippen molar-refractivity contribution in [2.24, 2.45) is 5.73 Å². The Morgan fingerprint density at radius 3 is 2.12 bits per heavy atom. The lowest BCUT2D eigenvalue weighted by Crippen LogP contribution is -2.44. The van der Waals surface area contributed by atoms with Crippen LogP contribution < -0.4 is 5.73 Å². The first kappa shape index (κ1) is 14.9. The Kier molecular flexibility index (Phi) is 5.90. The highest BCUT2D eigenvalue weighted by atomic mass is 16.5. The molecule has 3 heteroatoms. The molecule has 0 saturated heterocycles. The minimum absolute atomic E-state index is 0.0773. The summed E-state index contributed by atoms with van der Waals surface area (Å²) in [6.45, 7) is 8.16. The van der Waals surface area contributed by atoms with Gasteiger partial charge in [0, 0.05) is 5.54 Å². The molecule has 0 heterocycles. The van der Waals surface area contributed by atoms with Crippen LogP contribution in [0, 0.1) is 0 Å². The van der Waals surface area contributed by atoms with Crippen molar-refractivity contribution in [1.82, 2.24) is 0 Å². The number of rotatable bonds is 5. The highest BCUT2D eigenvalue weighted by molar-refractivity contribution is 4.85. The van der Waals surface area contributed by atoms with E-state index in [1.807, 2.05) is 0 Å². The Bertz CT molecular complexity index is 203. The molecule has 0 atom stereocenters. The summed E-state index contributed by atoms with van der Waals surface area (Å²) in [5.41, 5.74) is 6.20. The fourth-order valence-electron chi connectivity index (χ4n) is 2.26. The number of hydrogen-bond acceptors (Lipinski definition) is 3. The zero-order valence-electron chi connectivity index (χ0n) is 11.8. The van der Waals surface area contributed by atoms with Crippen molar-refractivity contribution in [1.29, 1.82) is 0 Å². The molecule has 17 heavy (non-hydrogen) atoms.